The number of unbranched alkanes of at least 4 members (excludes halogenated alkanes) is 3. The number of anilines is 1. The monoisotopic (exact) mass is 322 g/mol. The number of ether oxygens (including phenoxy) is 2. The molecule has 0 aromatic carbocycles. The number of hydrogen-bond acceptors (Lipinski definition) is 4. The minimum absolute atomic E-state index is 0.141. The molecule has 0 aliphatic heterocycles. The van der Waals surface area contributed by atoms with E-state index in [2.05, 4.69) is 24.1 Å². The molecule has 23 heavy (non-hydrogen) atoms. The van der Waals surface area contributed by atoms with Crippen LogP contribution in [0.5, 0.6) is 5.88 Å². The van der Waals surface area contributed by atoms with Crippen LogP contribution in [-0.2, 0) is 9.53 Å². The van der Waals surface area contributed by atoms with Gasteiger partial charge in [0, 0.05) is 13.2 Å². The molecule has 1 aromatic heterocycles. The van der Waals surface area contributed by atoms with Crippen molar-refractivity contribution in [1.29, 1.82) is 0 Å². The lowest BCUT2D eigenvalue weighted by Gasteiger charge is -2.26. The summed E-state index contributed by atoms with van der Waals surface area (Å²) in [5.41, 5.74) is -0.164. The average molecular weight is 322 g/mol. The van der Waals surface area contributed by atoms with Gasteiger partial charge in [0.15, 0.2) is 0 Å². The maximum atomic E-state index is 12.5. The summed E-state index contributed by atoms with van der Waals surface area (Å²) in [6.07, 6.45) is 7.58. The minimum atomic E-state index is -0.814. The van der Waals surface area contributed by atoms with E-state index >= 15 is 0 Å². The zero-order chi connectivity index (χ0) is 17.1. The molecule has 1 atom stereocenters. The SMILES string of the molecule is CCCCC[C@](C)(OC)C(=O)Nc1ccc(OCCCC)nc1. The smallest absolute Gasteiger partial charge is 0.256 e. The van der Waals surface area contributed by atoms with Crippen molar-refractivity contribution in [2.24, 2.45) is 0 Å². The standard InChI is InChI=1S/C18H30N2O3/c1-5-7-9-12-18(3,22-4)17(21)20-15-10-11-16(19-14-15)23-13-8-6-2/h10-11,14H,5-9,12-13H2,1-4H3,(H,20,21)/t18-/m0/s1. The highest BCUT2D eigenvalue weighted by molar-refractivity contribution is 5.96. The summed E-state index contributed by atoms with van der Waals surface area (Å²) in [7, 11) is 1.58. The summed E-state index contributed by atoms with van der Waals surface area (Å²) in [6.45, 7) is 6.74. The van der Waals surface area contributed by atoms with Crippen LogP contribution in [0.2, 0.25) is 0 Å². The lowest BCUT2D eigenvalue weighted by Crippen LogP contribution is -2.42. The van der Waals surface area contributed by atoms with Crippen molar-refractivity contribution in [2.75, 3.05) is 19.0 Å². The van der Waals surface area contributed by atoms with Crippen LogP contribution in [0.4, 0.5) is 5.69 Å². The topological polar surface area (TPSA) is 60.5 Å². The molecule has 1 rings (SSSR count). The molecule has 0 unspecified atom stereocenters. The molecule has 1 N–H and O–H groups in total. The van der Waals surface area contributed by atoms with Gasteiger partial charge in [-0.25, -0.2) is 4.98 Å². The number of hydrogen-bond donors (Lipinski definition) is 1. The highest BCUT2D eigenvalue weighted by Gasteiger charge is 2.32. The zero-order valence-electron chi connectivity index (χ0n) is 14.9. The first kappa shape index (κ1) is 19.4. The number of carbonyl (C=O) groups is 1. The summed E-state index contributed by atoms with van der Waals surface area (Å²) in [5.74, 6) is 0.437. The number of pyridine rings is 1. The Kier molecular flexibility index (Phi) is 8.62. The second-order valence-electron chi connectivity index (χ2n) is 5.93. The fraction of sp³-hybridized carbons (Fsp3) is 0.667. The van der Waals surface area contributed by atoms with Crippen LogP contribution >= 0.6 is 0 Å². The Bertz CT molecular complexity index is 462. The molecule has 0 fully saturated rings. The molecule has 0 aliphatic carbocycles. The Morgan fingerprint density at radius 1 is 1.22 bits per heavy atom. The maximum absolute atomic E-state index is 12.5. The van der Waals surface area contributed by atoms with E-state index in [0.717, 1.165) is 32.1 Å². The predicted octanol–water partition coefficient (Wildman–Crippen LogP) is 4.18. The molecule has 0 radical (unpaired) electrons. The largest absolute Gasteiger partial charge is 0.478 e. The first-order chi connectivity index (χ1) is 11.1. The van der Waals surface area contributed by atoms with Crippen LogP contribution in [0, 0.1) is 0 Å². The molecule has 1 heterocycles. The van der Waals surface area contributed by atoms with Crippen molar-refractivity contribution in [3.05, 3.63) is 18.3 Å². The molecule has 1 aromatic rings. The van der Waals surface area contributed by atoms with E-state index in [4.69, 9.17) is 9.47 Å². The minimum Gasteiger partial charge on any atom is -0.478 e. The number of aromatic nitrogens is 1. The van der Waals surface area contributed by atoms with Gasteiger partial charge in [-0.15, -0.1) is 0 Å². The number of rotatable bonds is 11. The summed E-state index contributed by atoms with van der Waals surface area (Å²) in [6, 6.07) is 3.57. The third-order valence-electron chi connectivity index (χ3n) is 3.93. The Hall–Kier alpha value is -1.62. The van der Waals surface area contributed by atoms with E-state index < -0.39 is 5.60 Å². The second-order valence-corrected chi connectivity index (χ2v) is 5.93. The molecule has 0 spiro atoms. The van der Waals surface area contributed by atoms with Crippen LogP contribution in [0.3, 0.4) is 0 Å². The van der Waals surface area contributed by atoms with Crippen molar-refractivity contribution < 1.29 is 14.3 Å². The molecule has 0 aliphatic rings. The van der Waals surface area contributed by atoms with Gasteiger partial charge in [-0.3, -0.25) is 4.79 Å². The third-order valence-corrected chi connectivity index (χ3v) is 3.93. The van der Waals surface area contributed by atoms with Crippen LogP contribution < -0.4 is 10.1 Å². The van der Waals surface area contributed by atoms with Crippen molar-refractivity contribution in [2.45, 2.75) is 64.9 Å². The van der Waals surface area contributed by atoms with Crippen LogP contribution in [0.25, 0.3) is 0 Å². The van der Waals surface area contributed by atoms with Gasteiger partial charge >= 0.3 is 0 Å². The third kappa shape index (κ3) is 6.57. The lowest BCUT2D eigenvalue weighted by atomic mass is 9.97. The van der Waals surface area contributed by atoms with E-state index in [0.29, 0.717) is 24.6 Å². The summed E-state index contributed by atoms with van der Waals surface area (Å²) >= 11 is 0. The van der Waals surface area contributed by atoms with E-state index in [1.807, 2.05) is 6.92 Å². The van der Waals surface area contributed by atoms with Gasteiger partial charge in [0.25, 0.3) is 5.91 Å². The number of carbonyl (C=O) groups excluding carboxylic acids is 1. The molecule has 0 saturated carbocycles. The molecule has 1 amide bonds. The molecule has 0 saturated heterocycles. The van der Waals surface area contributed by atoms with Crippen LogP contribution in [-0.4, -0.2) is 30.2 Å². The van der Waals surface area contributed by atoms with Gasteiger partial charge in [-0.05, 0) is 25.8 Å². The van der Waals surface area contributed by atoms with E-state index in [1.165, 1.54) is 0 Å². The first-order valence-electron chi connectivity index (χ1n) is 8.51. The normalized spacial score (nSPS) is 13.4. The van der Waals surface area contributed by atoms with E-state index in [9.17, 15) is 4.79 Å². The summed E-state index contributed by atoms with van der Waals surface area (Å²) in [4.78, 5) is 16.7. The van der Waals surface area contributed by atoms with E-state index in [-0.39, 0.29) is 5.91 Å². The Labute approximate surface area is 139 Å². The van der Waals surface area contributed by atoms with Crippen molar-refractivity contribution in [1.82, 2.24) is 4.98 Å². The molecule has 5 heteroatoms. The highest BCUT2D eigenvalue weighted by atomic mass is 16.5. The van der Waals surface area contributed by atoms with Crippen molar-refractivity contribution in [3.63, 3.8) is 0 Å². The van der Waals surface area contributed by atoms with Crippen LogP contribution in [0.15, 0.2) is 18.3 Å². The zero-order valence-corrected chi connectivity index (χ0v) is 14.9. The van der Waals surface area contributed by atoms with Crippen molar-refractivity contribution >= 4 is 11.6 Å². The van der Waals surface area contributed by atoms with Gasteiger partial charge < -0.3 is 14.8 Å². The predicted molar refractivity (Wildman–Crippen MR) is 92.8 cm³/mol. The fourth-order valence-electron chi connectivity index (χ4n) is 2.14. The quantitative estimate of drug-likeness (QED) is 0.621. The van der Waals surface area contributed by atoms with Gasteiger partial charge in [0.1, 0.15) is 5.60 Å². The molecular weight excluding hydrogens is 292 g/mol. The average Bonchev–Trinajstić information content (AvgIpc) is 2.56. The second kappa shape index (κ2) is 10.2. The lowest BCUT2D eigenvalue weighted by molar-refractivity contribution is -0.136. The Morgan fingerprint density at radius 2 is 1.96 bits per heavy atom. The Morgan fingerprint density at radius 3 is 2.52 bits per heavy atom. The Balaban J connectivity index is 2.57. The number of methoxy groups -OCH3 is 1. The highest BCUT2D eigenvalue weighted by Crippen LogP contribution is 2.21. The molecule has 5 nitrogen and oxygen atoms in total. The van der Waals surface area contributed by atoms with Gasteiger partial charge in [0.2, 0.25) is 5.88 Å². The van der Waals surface area contributed by atoms with Crippen molar-refractivity contribution in [3.8, 4) is 5.88 Å². The van der Waals surface area contributed by atoms with Gasteiger partial charge in [0.05, 0.1) is 18.5 Å². The molecule has 130 valence electrons. The summed E-state index contributed by atoms with van der Waals surface area (Å²) in [5, 5.41) is 2.87. The van der Waals surface area contributed by atoms with Crippen LogP contribution in [0.1, 0.15) is 59.3 Å². The first-order valence-corrected chi connectivity index (χ1v) is 8.51. The number of amides is 1. The van der Waals surface area contributed by atoms with Gasteiger partial charge in [-0.1, -0.05) is 39.5 Å². The molecule has 0 bridgehead atoms. The number of nitrogens with one attached hydrogen (secondary N) is 1. The van der Waals surface area contributed by atoms with Gasteiger partial charge in [-0.2, -0.15) is 0 Å². The number of nitrogens with zero attached hydrogens (tertiary/aromatic N) is 1. The van der Waals surface area contributed by atoms with E-state index in [1.54, 1.807) is 25.4 Å². The maximum Gasteiger partial charge on any atom is 0.256 e. The molecular formula is C18H30N2O3. The fourth-order valence-corrected chi connectivity index (χ4v) is 2.14. The summed E-state index contributed by atoms with van der Waals surface area (Å²) < 4.78 is 11.0.